The van der Waals surface area contributed by atoms with Crippen molar-refractivity contribution in [2.75, 3.05) is 4.90 Å². The lowest BCUT2D eigenvalue weighted by atomic mass is 10.0. The molecule has 3 nitrogen and oxygen atoms in total. The second-order valence-electron chi connectivity index (χ2n) is 8.66. The molecule has 0 amide bonds. The lowest BCUT2D eigenvalue weighted by Crippen LogP contribution is -2.37. The summed E-state index contributed by atoms with van der Waals surface area (Å²) in [6, 6.07) is 6.45. The van der Waals surface area contributed by atoms with Gasteiger partial charge in [0.1, 0.15) is 0 Å². The Kier molecular flexibility index (Phi) is 5.50. The highest BCUT2D eigenvalue weighted by Crippen LogP contribution is 2.70. The molecule has 0 N–H and O–H groups in total. The Morgan fingerprint density at radius 1 is 0.920 bits per heavy atom. The smallest absolute Gasteiger partial charge is 0.218 e. The lowest BCUT2D eigenvalue weighted by molar-refractivity contribution is 0.467. The van der Waals surface area contributed by atoms with Crippen LogP contribution in [0.1, 0.15) is 66.5 Å². The summed E-state index contributed by atoms with van der Waals surface area (Å²) in [5.41, 5.74) is 3.76. The number of aryl methyl sites for hydroxylation is 2. The molecular formula is C21H33N2OP. The highest BCUT2D eigenvalue weighted by molar-refractivity contribution is 7.64. The molecule has 2 rings (SSSR count). The minimum absolute atomic E-state index is 0.337. The van der Waals surface area contributed by atoms with E-state index in [1.54, 1.807) is 0 Å². The fourth-order valence-corrected chi connectivity index (χ4v) is 7.54. The third kappa shape index (κ3) is 3.40. The molecule has 0 bridgehead atoms. The Labute approximate surface area is 154 Å². The van der Waals surface area contributed by atoms with Gasteiger partial charge in [-0.25, -0.2) is 0 Å². The number of para-hydroxylation sites is 1. The maximum absolute atomic E-state index is 14.1. The number of anilines is 1. The molecule has 0 saturated heterocycles. The van der Waals surface area contributed by atoms with E-state index >= 15 is 0 Å². The number of rotatable bonds is 4. The Morgan fingerprint density at radius 3 is 1.80 bits per heavy atom. The Balaban J connectivity index is 2.44. The van der Waals surface area contributed by atoms with Gasteiger partial charge in [-0.2, -0.15) is 0 Å². The van der Waals surface area contributed by atoms with E-state index in [1.165, 1.54) is 16.8 Å². The summed E-state index contributed by atoms with van der Waals surface area (Å²) < 4.78 is 16.0. The van der Waals surface area contributed by atoms with Crippen LogP contribution in [-0.2, 0) is 17.4 Å². The fraction of sp³-hybridized carbons (Fsp3) is 0.571. The number of hydrogen-bond donors (Lipinski definition) is 0. The highest BCUT2D eigenvalue weighted by Gasteiger charge is 2.51. The van der Waals surface area contributed by atoms with Crippen molar-refractivity contribution in [3.05, 3.63) is 48.4 Å². The van der Waals surface area contributed by atoms with E-state index in [0.717, 1.165) is 12.8 Å². The lowest BCUT2D eigenvalue weighted by Gasteiger charge is -2.45. The first kappa shape index (κ1) is 20.1. The molecule has 0 unspecified atom stereocenters. The Bertz CT molecular complexity index is 655. The minimum atomic E-state index is -2.75. The van der Waals surface area contributed by atoms with Gasteiger partial charge in [0.15, 0.2) is 7.29 Å². The topological polar surface area (TPSA) is 23.6 Å². The molecule has 25 heavy (non-hydrogen) atoms. The second kappa shape index (κ2) is 6.83. The fourth-order valence-electron chi connectivity index (χ4n) is 3.77. The molecule has 138 valence electrons. The highest BCUT2D eigenvalue weighted by atomic mass is 31.2. The summed E-state index contributed by atoms with van der Waals surface area (Å²) in [5, 5.41) is -0.674. The first-order valence-corrected chi connectivity index (χ1v) is 10.9. The summed E-state index contributed by atoms with van der Waals surface area (Å²) in [7, 11) is -2.75. The number of nitrogens with zero attached hydrogens (tertiary/aromatic N) is 2. The van der Waals surface area contributed by atoms with Crippen LogP contribution in [0.15, 0.2) is 30.6 Å². The largest absolute Gasteiger partial charge is 0.315 e. The third-order valence-electron chi connectivity index (χ3n) is 4.89. The Hall–Kier alpha value is -1.21. The van der Waals surface area contributed by atoms with Crippen molar-refractivity contribution < 1.29 is 4.57 Å². The molecule has 1 heterocycles. The van der Waals surface area contributed by atoms with Crippen LogP contribution in [0.25, 0.3) is 0 Å². The molecular weight excluding hydrogens is 327 g/mol. The molecule has 0 atom stereocenters. The van der Waals surface area contributed by atoms with Crippen LogP contribution in [0.5, 0.6) is 0 Å². The zero-order chi connectivity index (χ0) is 19.0. The molecule has 1 aliphatic heterocycles. The van der Waals surface area contributed by atoms with Gasteiger partial charge in [0.05, 0.1) is 0 Å². The predicted molar refractivity (Wildman–Crippen MR) is 109 cm³/mol. The van der Waals surface area contributed by atoms with Crippen molar-refractivity contribution in [1.29, 1.82) is 0 Å². The van der Waals surface area contributed by atoms with Crippen molar-refractivity contribution in [1.82, 2.24) is 4.67 Å². The minimum Gasteiger partial charge on any atom is -0.315 e. The molecule has 2 radical (unpaired) electrons. The zero-order valence-corrected chi connectivity index (χ0v) is 17.9. The standard InChI is InChI=1S/C21H33N2OP/c1-9-17-12-11-13-18(10-2)19(17)22-14-15-23(16-22)25(24,20(3,4)5)21(6,7)8/h11-15H,9-10H2,1-8H3. The summed E-state index contributed by atoms with van der Waals surface area (Å²) in [4.78, 5) is 2.03. The van der Waals surface area contributed by atoms with E-state index in [1.807, 2.05) is 22.0 Å². The predicted octanol–water partition coefficient (Wildman–Crippen LogP) is 6.28. The SMILES string of the molecule is CCc1cccc(CC)c1N1[C]N(P(=O)(C(C)(C)C)C(C)(C)C)C=C1. The van der Waals surface area contributed by atoms with Gasteiger partial charge in [0, 0.05) is 28.4 Å². The molecule has 0 fully saturated rings. The number of hydrogen-bond acceptors (Lipinski definition) is 2. The van der Waals surface area contributed by atoms with Crippen molar-refractivity contribution in [3.8, 4) is 0 Å². The van der Waals surface area contributed by atoms with Crippen molar-refractivity contribution >= 4 is 13.0 Å². The van der Waals surface area contributed by atoms with Crippen molar-refractivity contribution in [2.24, 2.45) is 0 Å². The van der Waals surface area contributed by atoms with E-state index in [-0.39, 0.29) is 10.3 Å². The quantitative estimate of drug-likeness (QED) is 0.591. The summed E-state index contributed by atoms with van der Waals surface area (Å²) in [6.45, 7) is 20.1. The van der Waals surface area contributed by atoms with Crippen LogP contribution in [-0.4, -0.2) is 15.0 Å². The molecule has 4 heteroatoms. The summed E-state index contributed by atoms with van der Waals surface area (Å²) >= 11 is 0. The van der Waals surface area contributed by atoms with Crippen LogP contribution >= 0.6 is 7.29 Å². The third-order valence-corrected chi connectivity index (χ3v) is 9.36. The van der Waals surface area contributed by atoms with E-state index in [4.69, 9.17) is 0 Å². The van der Waals surface area contributed by atoms with Gasteiger partial charge in [0.25, 0.3) is 0 Å². The van der Waals surface area contributed by atoms with E-state index in [0.29, 0.717) is 0 Å². The maximum Gasteiger partial charge on any atom is 0.218 e. The molecule has 0 spiro atoms. The van der Waals surface area contributed by atoms with Crippen molar-refractivity contribution in [2.45, 2.75) is 78.5 Å². The molecule has 0 saturated carbocycles. The molecule has 1 aromatic rings. The summed E-state index contributed by atoms with van der Waals surface area (Å²) in [6.07, 6.45) is 5.86. The van der Waals surface area contributed by atoms with Gasteiger partial charge in [-0.3, -0.25) is 9.24 Å². The average Bonchev–Trinajstić information content (AvgIpc) is 3.00. The first-order valence-electron chi connectivity index (χ1n) is 9.22. The molecule has 0 aromatic heterocycles. The molecule has 0 aliphatic carbocycles. The van der Waals surface area contributed by atoms with Gasteiger partial charge in [0.2, 0.25) is 6.67 Å². The monoisotopic (exact) mass is 360 g/mol. The van der Waals surface area contributed by atoms with Crippen LogP contribution in [0.3, 0.4) is 0 Å². The first-order chi connectivity index (χ1) is 11.5. The van der Waals surface area contributed by atoms with Crippen LogP contribution in [0, 0.1) is 6.67 Å². The molecule has 1 aliphatic rings. The van der Waals surface area contributed by atoms with Gasteiger partial charge >= 0.3 is 0 Å². The van der Waals surface area contributed by atoms with E-state index in [9.17, 15) is 4.57 Å². The maximum atomic E-state index is 14.1. The van der Waals surface area contributed by atoms with Gasteiger partial charge < -0.3 is 4.90 Å². The van der Waals surface area contributed by atoms with E-state index < -0.39 is 7.29 Å². The second-order valence-corrected chi connectivity index (χ2v) is 12.9. The van der Waals surface area contributed by atoms with Gasteiger partial charge in [-0.1, -0.05) is 73.6 Å². The van der Waals surface area contributed by atoms with Gasteiger partial charge in [-0.05, 0) is 24.0 Å². The van der Waals surface area contributed by atoms with Crippen molar-refractivity contribution in [3.63, 3.8) is 0 Å². The number of benzene rings is 1. The summed E-state index contributed by atoms with van der Waals surface area (Å²) in [5.74, 6) is 0. The van der Waals surface area contributed by atoms with Gasteiger partial charge in [-0.15, -0.1) is 0 Å². The normalized spacial score (nSPS) is 16.0. The van der Waals surface area contributed by atoms with E-state index in [2.05, 4.69) is 80.3 Å². The average molecular weight is 360 g/mol. The van der Waals surface area contributed by atoms with Crippen LogP contribution in [0.4, 0.5) is 5.69 Å². The van der Waals surface area contributed by atoms with Crippen LogP contribution in [0.2, 0.25) is 0 Å². The zero-order valence-electron chi connectivity index (χ0n) is 17.1. The van der Waals surface area contributed by atoms with Crippen LogP contribution < -0.4 is 4.90 Å². The molecule has 1 aromatic carbocycles. The Morgan fingerprint density at radius 2 is 1.40 bits per heavy atom.